The Balaban J connectivity index is 1.73. The van der Waals surface area contributed by atoms with E-state index in [-0.39, 0.29) is 24.9 Å². The number of carbonyl (C=O) groups excluding carboxylic acids is 5. The van der Waals surface area contributed by atoms with Crippen LogP contribution in [-0.4, -0.2) is 67.3 Å². The predicted octanol–water partition coefficient (Wildman–Crippen LogP) is 3.03. The van der Waals surface area contributed by atoms with Gasteiger partial charge in [0.05, 0.1) is 25.0 Å². The molecule has 41 heavy (non-hydrogen) atoms. The first-order valence-electron chi connectivity index (χ1n) is 14.0. The van der Waals surface area contributed by atoms with E-state index in [9.17, 15) is 24.0 Å². The van der Waals surface area contributed by atoms with Crippen molar-refractivity contribution in [2.45, 2.75) is 78.3 Å². The Kier molecular flexibility index (Phi) is 6.68. The summed E-state index contributed by atoms with van der Waals surface area (Å²) in [6.45, 7) is 14.6. The van der Waals surface area contributed by atoms with Gasteiger partial charge in [0, 0.05) is 42.1 Å². The van der Waals surface area contributed by atoms with Gasteiger partial charge < -0.3 is 23.7 Å². The maximum atomic E-state index is 13.2. The monoisotopic (exact) mass is 570 g/mol. The van der Waals surface area contributed by atoms with Crippen LogP contribution in [0, 0.1) is 34.0 Å². The van der Waals surface area contributed by atoms with Crippen molar-refractivity contribution in [3.05, 3.63) is 36.0 Å². The zero-order chi connectivity index (χ0) is 30.3. The summed E-state index contributed by atoms with van der Waals surface area (Å²) < 4.78 is 28.8. The van der Waals surface area contributed by atoms with E-state index in [0.717, 1.165) is 0 Å². The Morgan fingerprint density at radius 3 is 2.29 bits per heavy atom. The van der Waals surface area contributed by atoms with Crippen LogP contribution in [0.2, 0.25) is 0 Å². The number of methoxy groups -OCH3 is 1. The van der Waals surface area contributed by atoms with Gasteiger partial charge in [-0.05, 0) is 30.1 Å². The molecule has 0 aromatic rings. The first-order chi connectivity index (χ1) is 19.1. The molecule has 0 aromatic carbocycles. The van der Waals surface area contributed by atoms with E-state index in [1.807, 2.05) is 13.8 Å². The topological polar surface area (TPSA) is 135 Å². The number of esters is 4. The second kappa shape index (κ2) is 9.37. The van der Waals surface area contributed by atoms with Crippen molar-refractivity contribution in [2.24, 2.45) is 34.0 Å². The Morgan fingerprint density at radius 1 is 1.07 bits per heavy atom. The summed E-state index contributed by atoms with van der Waals surface area (Å²) in [5.41, 5.74) is -2.94. The molecule has 10 nitrogen and oxygen atoms in total. The van der Waals surface area contributed by atoms with Gasteiger partial charge >= 0.3 is 23.9 Å². The van der Waals surface area contributed by atoms with E-state index < -0.39 is 75.7 Å². The second-order valence-corrected chi connectivity index (χ2v) is 12.9. The standard InChI is InChI=1S/C31H38O10/c1-15-24(29(6)11-9-21(34)28(4,5)20(29)14-23(35)37-8)25(39-16(2)32)26(40-17(3)33)30(7)19(13-22-31(15,30)41-22)18-10-12-38-27(18)36/h9-11,19-20,22,24-26H,1,12-14H2,2-8H3. The molecule has 0 aromatic heterocycles. The summed E-state index contributed by atoms with van der Waals surface area (Å²) in [6.07, 6.45) is 2.92. The minimum Gasteiger partial charge on any atom is -0.469 e. The molecule has 9 unspecified atom stereocenters. The van der Waals surface area contributed by atoms with Gasteiger partial charge in [-0.2, -0.15) is 0 Å². The summed E-state index contributed by atoms with van der Waals surface area (Å²) in [7, 11) is 1.29. The molecule has 2 aliphatic heterocycles. The fourth-order valence-electron chi connectivity index (χ4n) is 8.69. The number of allylic oxidation sites excluding steroid dienone is 2. The molecule has 0 bridgehead atoms. The molecule has 9 atom stereocenters. The van der Waals surface area contributed by atoms with Crippen LogP contribution >= 0.6 is 0 Å². The first kappa shape index (κ1) is 29.2. The first-order valence-corrected chi connectivity index (χ1v) is 14.0. The Hall–Kier alpha value is -3.27. The van der Waals surface area contributed by atoms with Gasteiger partial charge in [0.25, 0.3) is 0 Å². The number of ether oxygens (including phenoxy) is 5. The SMILES string of the molecule is C=C1C(C2(C)C=CC(=O)C(C)(C)C2CC(=O)OC)C(OC(C)=O)C(OC(C)=O)C2(C)C(C3=CCOC3=O)CC3OC132. The molecule has 0 N–H and O–H groups in total. The molecular weight excluding hydrogens is 532 g/mol. The van der Waals surface area contributed by atoms with Gasteiger partial charge in [0.2, 0.25) is 0 Å². The van der Waals surface area contributed by atoms with Crippen LogP contribution in [0.3, 0.4) is 0 Å². The van der Waals surface area contributed by atoms with Crippen LogP contribution in [0.1, 0.15) is 54.4 Å². The number of epoxide rings is 1. The van der Waals surface area contributed by atoms with Crippen molar-refractivity contribution in [1.82, 2.24) is 0 Å². The lowest BCUT2D eigenvalue weighted by Crippen LogP contribution is -2.67. The number of cyclic esters (lactones) is 1. The van der Waals surface area contributed by atoms with Crippen molar-refractivity contribution >= 4 is 29.7 Å². The summed E-state index contributed by atoms with van der Waals surface area (Å²) in [4.78, 5) is 64.0. The average Bonchev–Trinajstić information content (AvgIpc) is 3.37. The second-order valence-electron chi connectivity index (χ2n) is 12.9. The Bertz CT molecular complexity index is 1310. The van der Waals surface area contributed by atoms with Gasteiger partial charge in [-0.15, -0.1) is 0 Å². The molecule has 5 rings (SSSR count). The summed E-state index contributed by atoms with van der Waals surface area (Å²) in [5, 5.41) is 0. The smallest absolute Gasteiger partial charge is 0.334 e. The quantitative estimate of drug-likeness (QED) is 0.203. The molecular formula is C31H38O10. The van der Waals surface area contributed by atoms with Crippen LogP contribution in [0.5, 0.6) is 0 Å². The highest BCUT2D eigenvalue weighted by Gasteiger charge is 2.84. The number of hydrogen-bond acceptors (Lipinski definition) is 10. The van der Waals surface area contributed by atoms with Crippen molar-refractivity contribution in [1.29, 1.82) is 0 Å². The fraction of sp³-hybridized carbons (Fsp3) is 0.645. The van der Waals surface area contributed by atoms with Crippen molar-refractivity contribution in [2.75, 3.05) is 13.7 Å². The van der Waals surface area contributed by atoms with Gasteiger partial charge in [-0.3, -0.25) is 19.2 Å². The number of rotatable bonds is 6. The Morgan fingerprint density at radius 2 is 1.73 bits per heavy atom. The van der Waals surface area contributed by atoms with Crippen LogP contribution in [-0.2, 0) is 47.7 Å². The molecule has 0 amide bonds. The molecule has 1 saturated heterocycles. The predicted molar refractivity (Wildman–Crippen MR) is 143 cm³/mol. The third-order valence-electron chi connectivity index (χ3n) is 10.6. The number of ketones is 1. The third kappa shape index (κ3) is 3.89. The lowest BCUT2D eigenvalue weighted by Gasteiger charge is -2.59. The molecule has 2 heterocycles. The number of carbonyl (C=O) groups is 5. The molecule has 1 spiro atoms. The van der Waals surface area contributed by atoms with E-state index in [4.69, 9.17) is 23.7 Å². The maximum absolute atomic E-state index is 13.2. The van der Waals surface area contributed by atoms with Crippen molar-refractivity contribution in [3.63, 3.8) is 0 Å². The average molecular weight is 571 g/mol. The van der Waals surface area contributed by atoms with Crippen molar-refractivity contribution < 1.29 is 47.7 Å². The van der Waals surface area contributed by atoms with E-state index in [1.54, 1.807) is 26.0 Å². The van der Waals surface area contributed by atoms with Gasteiger partial charge in [0.1, 0.15) is 24.4 Å². The number of hydrogen-bond donors (Lipinski definition) is 0. The van der Waals surface area contributed by atoms with Gasteiger partial charge in [-0.25, -0.2) is 4.79 Å². The molecule has 10 heteroatoms. The summed E-state index contributed by atoms with van der Waals surface area (Å²) >= 11 is 0. The normalized spacial score (nSPS) is 42.0. The third-order valence-corrected chi connectivity index (χ3v) is 10.6. The highest BCUT2D eigenvalue weighted by Crippen LogP contribution is 2.75. The Labute approximate surface area is 239 Å². The minimum absolute atomic E-state index is 0.0826. The highest BCUT2D eigenvalue weighted by molar-refractivity contribution is 5.96. The zero-order valence-corrected chi connectivity index (χ0v) is 24.6. The van der Waals surface area contributed by atoms with Gasteiger partial charge in [0.15, 0.2) is 5.78 Å². The maximum Gasteiger partial charge on any atom is 0.334 e. The van der Waals surface area contributed by atoms with Crippen LogP contribution in [0.15, 0.2) is 36.0 Å². The molecule has 3 fully saturated rings. The van der Waals surface area contributed by atoms with Crippen LogP contribution in [0.25, 0.3) is 0 Å². The van der Waals surface area contributed by atoms with E-state index in [1.165, 1.54) is 27.0 Å². The van der Waals surface area contributed by atoms with E-state index in [0.29, 0.717) is 17.6 Å². The van der Waals surface area contributed by atoms with Crippen LogP contribution < -0.4 is 0 Å². The zero-order valence-electron chi connectivity index (χ0n) is 24.6. The lowest BCUT2D eigenvalue weighted by atomic mass is 9.46. The lowest BCUT2D eigenvalue weighted by molar-refractivity contribution is -0.209. The summed E-state index contributed by atoms with van der Waals surface area (Å²) in [6, 6.07) is 0. The van der Waals surface area contributed by atoms with Gasteiger partial charge in [-0.1, -0.05) is 40.3 Å². The molecule has 2 saturated carbocycles. The van der Waals surface area contributed by atoms with Crippen LogP contribution in [0.4, 0.5) is 0 Å². The largest absolute Gasteiger partial charge is 0.469 e. The summed E-state index contributed by atoms with van der Waals surface area (Å²) in [5.74, 6) is -4.02. The minimum atomic E-state index is -1.07. The fourth-order valence-corrected chi connectivity index (χ4v) is 8.69. The van der Waals surface area contributed by atoms with E-state index >= 15 is 0 Å². The molecule has 0 radical (unpaired) electrons. The highest BCUT2D eigenvalue weighted by atomic mass is 16.6. The van der Waals surface area contributed by atoms with E-state index in [2.05, 4.69) is 6.58 Å². The molecule has 5 aliphatic rings. The molecule has 3 aliphatic carbocycles. The van der Waals surface area contributed by atoms with Crippen molar-refractivity contribution in [3.8, 4) is 0 Å². The molecule has 222 valence electrons.